The van der Waals surface area contributed by atoms with Crippen LogP contribution >= 0.6 is 11.3 Å². The summed E-state index contributed by atoms with van der Waals surface area (Å²) in [5, 5.41) is 3.42. The highest BCUT2D eigenvalue weighted by Crippen LogP contribution is 2.34. The highest BCUT2D eigenvalue weighted by atomic mass is 32.1. The Bertz CT molecular complexity index is 566. The summed E-state index contributed by atoms with van der Waals surface area (Å²) in [5.41, 5.74) is 1.48. The molecule has 114 valence electrons. The Morgan fingerprint density at radius 2 is 1.76 bits per heavy atom. The van der Waals surface area contributed by atoms with Crippen molar-refractivity contribution in [1.82, 2.24) is 5.32 Å². The molecule has 0 bridgehead atoms. The summed E-state index contributed by atoms with van der Waals surface area (Å²) in [4.78, 5) is 2.77. The molecular weight excluding hydrogens is 278 g/mol. The van der Waals surface area contributed by atoms with E-state index in [0.29, 0.717) is 6.61 Å². The largest absolute Gasteiger partial charge is 0.494 e. The maximum absolute atomic E-state index is 5.51. The Morgan fingerprint density at radius 3 is 2.24 bits per heavy atom. The zero-order chi connectivity index (χ0) is 15.5. The zero-order valence-corrected chi connectivity index (χ0v) is 14.4. The third kappa shape index (κ3) is 3.86. The summed E-state index contributed by atoms with van der Waals surface area (Å²) in [6, 6.07) is 13.1. The molecule has 0 saturated carbocycles. The first kappa shape index (κ1) is 16.1. The highest BCUT2D eigenvalue weighted by Gasteiger charge is 2.20. The lowest BCUT2D eigenvalue weighted by atomic mass is 9.95. The number of rotatable bonds is 5. The Morgan fingerprint density at radius 1 is 1.10 bits per heavy atom. The SMILES string of the molecule is CCOc1ccc(C(NC)c2ccc(C(C)(C)C)s2)cc1. The minimum atomic E-state index is 0.208. The maximum atomic E-state index is 5.51. The summed E-state index contributed by atoms with van der Waals surface area (Å²) in [5.74, 6) is 0.928. The van der Waals surface area contributed by atoms with Gasteiger partial charge in [-0.2, -0.15) is 0 Å². The van der Waals surface area contributed by atoms with Crippen LogP contribution in [0.3, 0.4) is 0 Å². The van der Waals surface area contributed by atoms with Crippen molar-refractivity contribution >= 4 is 11.3 Å². The van der Waals surface area contributed by atoms with E-state index in [2.05, 4.69) is 50.4 Å². The molecule has 2 aromatic rings. The van der Waals surface area contributed by atoms with Gasteiger partial charge >= 0.3 is 0 Å². The molecule has 0 amide bonds. The van der Waals surface area contributed by atoms with Gasteiger partial charge in [-0.05, 0) is 49.2 Å². The first-order valence-corrected chi connectivity index (χ1v) is 8.27. The first-order valence-electron chi connectivity index (χ1n) is 7.46. The standard InChI is InChI=1S/C18H25NOS/c1-6-20-14-9-7-13(8-10-14)17(19-5)15-11-12-16(21-15)18(2,3)4/h7-12,17,19H,6H2,1-5H3. The molecule has 1 N–H and O–H groups in total. The predicted molar refractivity (Wildman–Crippen MR) is 91.5 cm³/mol. The van der Waals surface area contributed by atoms with E-state index in [9.17, 15) is 0 Å². The van der Waals surface area contributed by atoms with E-state index in [-0.39, 0.29) is 11.5 Å². The fourth-order valence-electron chi connectivity index (χ4n) is 2.31. The van der Waals surface area contributed by atoms with Crippen LogP contribution in [0, 0.1) is 0 Å². The van der Waals surface area contributed by atoms with Crippen LogP contribution in [0.4, 0.5) is 0 Å². The van der Waals surface area contributed by atoms with Gasteiger partial charge in [0.25, 0.3) is 0 Å². The van der Waals surface area contributed by atoms with Gasteiger partial charge in [0.15, 0.2) is 0 Å². The van der Waals surface area contributed by atoms with Gasteiger partial charge in [-0.3, -0.25) is 0 Å². The van der Waals surface area contributed by atoms with Gasteiger partial charge in [0.05, 0.1) is 12.6 Å². The fourth-order valence-corrected chi connectivity index (χ4v) is 3.51. The molecule has 0 saturated heterocycles. The average Bonchev–Trinajstić information content (AvgIpc) is 2.91. The summed E-state index contributed by atoms with van der Waals surface area (Å²) >= 11 is 1.89. The second-order valence-electron chi connectivity index (χ2n) is 6.18. The van der Waals surface area contributed by atoms with Crippen molar-refractivity contribution in [2.45, 2.75) is 39.2 Å². The Hall–Kier alpha value is -1.32. The van der Waals surface area contributed by atoms with Gasteiger partial charge in [0.2, 0.25) is 0 Å². The molecule has 0 spiro atoms. The lowest BCUT2D eigenvalue weighted by molar-refractivity contribution is 0.340. The molecule has 0 aliphatic rings. The molecule has 0 radical (unpaired) electrons. The predicted octanol–water partition coefficient (Wildman–Crippen LogP) is 4.75. The minimum Gasteiger partial charge on any atom is -0.494 e. The molecule has 0 aliphatic carbocycles. The van der Waals surface area contributed by atoms with Crippen LogP contribution in [-0.4, -0.2) is 13.7 Å². The Kier molecular flexibility index (Phi) is 5.07. The lowest BCUT2D eigenvalue weighted by Gasteiger charge is -2.18. The summed E-state index contributed by atoms with van der Waals surface area (Å²) in [7, 11) is 2.01. The molecule has 2 rings (SSSR count). The number of ether oxygens (including phenoxy) is 1. The lowest BCUT2D eigenvalue weighted by Crippen LogP contribution is -2.16. The monoisotopic (exact) mass is 303 g/mol. The summed E-state index contributed by atoms with van der Waals surface area (Å²) in [6.07, 6.45) is 0. The number of thiophene rings is 1. The maximum Gasteiger partial charge on any atom is 0.119 e. The van der Waals surface area contributed by atoms with E-state index in [4.69, 9.17) is 4.74 Å². The molecule has 0 aliphatic heterocycles. The second kappa shape index (κ2) is 6.63. The molecule has 1 atom stereocenters. The zero-order valence-electron chi connectivity index (χ0n) is 13.6. The molecule has 1 unspecified atom stereocenters. The van der Waals surface area contributed by atoms with E-state index in [1.807, 2.05) is 37.4 Å². The van der Waals surface area contributed by atoms with Crippen molar-refractivity contribution in [2.24, 2.45) is 0 Å². The van der Waals surface area contributed by atoms with Crippen molar-refractivity contribution in [3.05, 3.63) is 51.7 Å². The topological polar surface area (TPSA) is 21.3 Å². The van der Waals surface area contributed by atoms with Crippen LogP contribution in [0.1, 0.15) is 49.1 Å². The number of hydrogen-bond donors (Lipinski definition) is 1. The molecule has 3 heteroatoms. The molecule has 1 aromatic heterocycles. The van der Waals surface area contributed by atoms with Gasteiger partial charge in [-0.25, -0.2) is 0 Å². The van der Waals surface area contributed by atoms with Crippen LogP contribution in [0.5, 0.6) is 5.75 Å². The van der Waals surface area contributed by atoms with E-state index >= 15 is 0 Å². The fraction of sp³-hybridized carbons (Fsp3) is 0.444. The molecular formula is C18H25NOS. The minimum absolute atomic E-state index is 0.208. The van der Waals surface area contributed by atoms with Gasteiger partial charge in [-0.15, -0.1) is 11.3 Å². The van der Waals surface area contributed by atoms with Crippen LogP contribution in [0.15, 0.2) is 36.4 Å². The van der Waals surface area contributed by atoms with Gasteiger partial charge in [-0.1, -0.05) is 32.9 Å². The highest BCUT2D eigenvalue weighted by molar-refractivity contribution is 7.12. The first-order chi connectivity index (χ1) is 9.95. The van der Waals surface area contributed by atoms with Gasteiger partial charge in [0, 0.05) is 9.75 Å². The van der Waals surface area contributed by atoms with Crippen molar-refractivity contribution in [1.29, 1.82) is 0 Å². The number of hydrogen-bond acceptors (Lipinski definition) is 3. The van der Waals surface area contributed by atoms with Crippen molar-refractivity contribution in [3.63, 3.8) is 0 Å². The normalized spacial score (nSPS) is 13.2. The van der Waals surface area contributed by atoms with Crippen molar-refractivity contribution in [2.75, 3.05) is 13.7 Å². The van der Waals surface area contributed by atoms with E-state index in [0.717, 1.165) is 5.75 Å². The third-order valence-electron chi connectivity index (χ3n) is 3.46. The third-order valence-corrected chi connectivity index (χ3v) is 5.04. The van der Waals surface area contributed by atoms with Crippen LogP contribution < -0.4 is 10.1 Å². The van der Waals surface area contributed by atoms with Crippen LogP contribution in [0.2, 0.25) is 0 Å². The quantitative estimate of drug-likeness (QED) is 0.860. The van der Waals surface area contributed by atoms with Crippen LogP contribution in [0.25, 0.3) is 0 Å². The molecule has 1 heterocycles. The van der Waals surface area contributed by atoms with Crippen molar-refractivity contribution in [3.8, 4) is 5.75 Å². The molecule has 1 aromatic carbocycles. The van der Waals surface area contributed by atoms with Gasteiger partial charge < -0.3 is 10.1 Å². The average molecular weight is 303 g/mol. The Labute approximate surface area is 132 Å². The van der Waals surface area contributed by atoms with E-state index in [1.54, 1.807) is 0 Å². The molecule has 0 fully saturated rings. The van der Waals surface area contributed by atoms with E-state index in [1.165, 1.54) is 15.3 Å². The summed E-state index contributed by atoms with van der Waals surface area (Å²) in [6.45, 7) is 9.48. The van der Waals surface area contributed by atoms with Gasteiger partial charge in [0.1, 0.15) is 5.75 Å². The number of benzene rings is 1. The van der Waals surface area contributed by atoms with Crippen LogP contribution in [-0.2, 0) is 5.41 Å². The number of nitrogens with one attached hydrogen (secondary N) is 1. The summed E-state index contributed by atoms with van der Waals surface area (Å²) < 4.78 is 5.51. The smallest absolute Gasteiger partial charge is 0.119 e. The molecule has 21 heavy (non-hydrogen) atoms. The second-order valence-corrected chi connectivity index (χ2v) is 7.29. The molecule has 2 nitrogen and oxygen atoms in total. The Balaban J connectivity index is 2.24. The van der Waals surface area contributed by atoms with Crippen molar-refractivity contribution < 1.29 is 4.74 Å². The van der Waals surface area contributed by atoms with E-state index < -0.39 is 0 Å².